The fraction of sp³-hybridized carbons (Fsp3) is 0.588. The van der Waals surface area contributed by atoms with E-state index in [1.54, 1.807) is 18.3 Å². The lowest BCUT2D eigenvalue weighted by Crippen LogP contribution is -2.33. The quantitative estimate of drug-likeness (QED) is 0.827. The first kappa shape index (κ1) is 17.3. The zero-order valence-corrected chi connectivity index (χ0v) is 15.5. The van der Waals surface area contributed by atoms with E-state index in [4.69, 9.17) is 0 Å². The van der Waals surface area contributed by atoms with Gasteiger partial charge in [-0.25, -0.2) is 15.0 Å². The van der Waals surface area contributed by atoms with E-state index in [1.165, 1.54) is 16.1 Å². The Labute approximate surface area is 147 Å². The van der Waals surface area contributed by atoms with Gasteiger partial charge in [-0.2, -0.15) is 0 Å². The maximum atomic E-state index is 9.40. The number of fused-ring (bicyclic) bond motifs is 1. The van der Waals surface area contributed by atoms with Crippen LogP contribution in [-0.4, -0.2) is 43.8 Å². The van der Waals surface area contributed by atoms with Gasteiger partial charge in [-0.05, 0) is 39.7 Å². The smallest absolute Gasteiger partial charge is 0.184 e. The van der Waals surface area contributed by atoms with Gasteiger partial charge in [0, 0.05) is 48.0 Å². The Bertz CT molecular complexity index is 715. The number of hydrogen-bond donors (Lipinski definition) is 2. The molecule has 0 aliphatic carbocycles. The molecule has 24 heavy (non-hydrogen) atoms. The Balaban J connectivity index is 1.72. The first-order valence-electron chi connectivity index (χ1n) is 8.38. The van der Waals surface area contributed by atoms with Crippen LogP contribution in [0.1, 0.15) is 41.5 Å². The second-order valence-electron chi connectivity index (χ2n) is 6.51. The Kier molecular flexibility index (Phi) is 5.12. The van der Waals surface area contributed by atoms with Gasteiger partial charge in [0.15, 0.2) is 5.13 Å². The third kappa shape index (κ3) is 3.91. The average molecular weight is 347 g/mol. The van der Waals surface area contributed by atoms with E-state index in [0.717, 1.165) is 42.6 Å². The minimum atomic E-state index is -0.583. The Morgan fingerprint density at radius 1 is 1.42 bits per heavy atom. The zero-order valence-electron chi connectivity index (χ0n) is 14.7. The van der Waals surface area contributed by atoms with Gasteiger partial charge in [-0.3, -0.25) is 4.90 Å². The molecule has 2 atom stereocenters. The highest BCUT2D eigenvalue weighted by atomic mass is 32.1. The minimum absolute atomic E-state index is 0.437. The lowest BCUT2D eigenvalue weighted by molar-refractivity contribution is 0.209. The van der Waals surface area contributed by atoms with Crippen molar-refractivity contribution in [2.24, 2.45) is 0 Å². The highest BCUT2D eigenvalue weighted by Gasteiger charge is 2.24. The summed E-state index contributed by atoms with van der Waals surface area (Å²) in [7, 11) is 0. The molecule has 6 nitrogen and oxygen atoms in total. The van der Waals surface area contributed by atoms with Crippen molar-refractivity contribution < 1.29 is 5.11 Å². The van der Waals surface area contributed by atoms with Crippen molar-refractivity contribution in [1.29, 1.82) is 0 Å². The number of nitrogens with zero attached hydrogens (tertiary/aromatic N) is 4. The molecule has 3 heterocycles. The average Bonchev–Trinajstić information content (AvgIpc) is 2.85. The first-order valence-corrected chi connectivity index (χ1v) is 9.20. The van der Waals surface area contributed by atoms with E-state index in [1.807, 2.05) is 13.1 Å². The lowest BCUT2D eigenvalue weighted by atomic mass is 10.0. The molecule has 7 heteroatoms. The predicted molar refractivity (Wildman–Crippen MR) is 96.2 cm³/mol. The van der Waals surface area contributed by atoms with E-state index in [9.17, 15) is 5.11 Å². The number of aromatic nitrogens is 3. The third-order valence-electron chi connectivity index (χ3n) is 4.41. The minimum Gasteiger partial charge on any atom is -0.374 e. The molecule has 0 radical (unpaired) electrons. The number of nitrogens with one attached hydrogen (secondary N) is 1. The zero-order chi connectivity index (χ0) is 17.3. The van der Waals surface area contributed by atoms with Crippen LogP contribution < -0.4 is 5.32 Å². The van der Waals surface area contributed by atoms with Crippen LogP contribution in [0.15, 0.2) is 6.20 Å². The maximum Gasteiger partial charge on any atom is 0.184 e. The standard InChI is InChI=1S/C17H25N5OS/c1-10-7-15-11(2)19-12(3)20-16(15)5-6-22(10)9-14-8-18-17(24-14)21-13(4)23/h8,10,13,23H,5-7,9H2,1-4H3,(H,18,21). The maximum absolute atomic E-state index is 9.40. The first-order chi connectivity index (χ1) is 11.4. The highest BCUT2D eigenvalue weighted by molar-refractivity contribution is 7.15. The number of aliphatic hydroxyl groups excluding tert-OH is 1. The van der Waals surface area contributed by atoms with Crippen LogP contribution in [0.3, 0.4) is 0 Å². The molecule has 0 aromatic carbocycles. The van der Waals surface area contributed by atoms with E-state index in [0.29, 0.717) is 6.04 Å². The predicted octanol–water partition coefficient (Wildman–Crippen LogP) is 2.29. The van der Waals surface area contributed by atoms with Gasteiger partial charge in [-0.1, -0.05) is 0 Å². The summed E-state index contributed by atoms with van der Waals surface area (Å²) >= 11 is 1.60. The summed E-state index contributed by atoms with van der Waals surface area (Å²) in [6, 6.07) is 0.437. The summed E-state index contributed by atoms with van der Waals surface area (Å²) in [5.74, 6) is 0.864. The van der Waals surface area contributed by atoms with Crippen molar-refractivity contribution in [3.63, 3.8) is 0 Å². The van der Waals surface area contributed by atoms with Crippen molar-refractivity contribution in [1.82, 2.24) is 19.9 Å². The van der Waals surface area contributed by atoms with E-state index in [-0.39, 0.29) is 0 Å². The second-order valence-corrected chi connectivity index (χ2v) is 7.62. The lowest BCUT2D eigenvalue weighted by Gasteiger charge is -2.26. The van der Waals surface area contributed by atoms with Crippen LogP contribution in [0.5, 0.6) is 0 Å². The number of thiazole rings is 1. The Hall–Kier alpha value is -1.57. The fourth-order valence-corrected chi connectivity index (χ4v) is 4.15. The van der Waals surface area contributed by atoms with Gasteiger partial charge < -0.3 is 10.4 Å². The number of rotatable bonds is 4. The molecule has 0 saturated heterocycles. The van der Waals surface area contributed by atoms with Crippen molar-refractivity contribution >= 4 is 16.5 Å². The molecule has 0 spiro atoms. The SMILES string of the molecule is Cc1nc(C)c2c(n1)CCN(Cc1cnc(NC(C)O)s1)C(C)C2. The molecule has 1 aliphatic rings. The summed E-state index contributed by atoms with van der Waals surface area (Å²) in [4.78, 5) is 17.2. The van der Waals surface area contributed by atoms with Crippen LogP contribution >= 0.6 is 11.3 Å². The van der Waals surface area contributed by atoms with Gasteiger partial charge in [0.2, 0.25) is 0 Å². The fourth-order valence-electron chi connectivity index (χ4n) is 3.23. The molecule has 0 saturated carbocycles. The molecular weight excluding hydrogens is 322 g/mol. The molecule has 1 aliphatic heterocycles. The van der Waals surface area contributed by atoms with Gasteiger partial charge in [-0.15, -0.1) is 11.3 Å². The summed E-state index contributed by atoms with van der Waals surface area (Å²) in [5, 5.41) is 13.1. The van der Waals surface area contributed by atoms with Crippen LogP contribution in [0, 0.1) is 13.8 Å². The molecule has 130 valence electrons. The molecule has 2 aromatic heterocycles. The van der Waals surface area contributed by atoms with Crippen molar-refractivity contribution in [2.75, 3.05) is 11.9 Å². The Morgan fingerprint density at radius 2 is 2.21 bits per heavy atom. The summed E-state index contributed by atoms with van der Waals surface area (Å²) in [6.45, 7) is 9.88. The highest BCUT2D eigenvalue weighted by Crippen LogP contribution is 2.25. The van der Waals surface area contributed by atoms with Crippen LogP contribution in [-0.2, 0) is 19.4 Å². The molecule has 2 aromatic rings. The van der Waals surface area contributed by atoms with E-state index >= 15 is 0 Å². The van der Waals surface area contributed by atoms with Gasteiger partial charge in [0.05, 0.1) is 0 Å². The second kappa shape index (κ2) is 7.13. The normalized spacial score (nSPS) is 19.6. The van der Waals surface area contributed by atoms with Gasteiger partial charge in [0.25, 0.3) is 0 Å². The van der Waals surface area contributed by atoms with Gasteiger partial charge in [0.1, 0.15) is 12.1 Å². The van der Waals surface area contributed by atoms with Crippen LogP contribution in [0.25, 0.3) is 0 Å². The van der Waals surface area contributed by atoms with Crippen LogP contribution in [0.2, 0.25) is 0 Å². The van der Waals surface area contributed by atoms with Crippen molar-refractivity contribution in [3.05, 3.63) is 33.8 Å². The summed E-state index contributed by atoms with van der Waals surface area (Å²) in [5.41, 5.74) is 3.64. The summed E-state index contributed by atoms with van der Waals surface area (Å²) in [6.07, 6.45) is 3.26. The summed E-state index contributed by atoms with van der Waals surface area (Å²) < 4.78 is 0. The van der Waals surface area contributed by atoms with E-state index in [2.05, 4.69) is 39.0 Å². The Morgan fingerprint density at radius 3 is 2.96 bits per heavy atom. The third-order valence-corrected chi connectivity index (χ3v) is 5.33. The monoisotopic (exact) mass is 347 g/mol. The van der Waals surface area contributed by atoms with Crippen LogP contribution in [0.4, 0.5) is 5.13 Å². The number of aryl methyl sites for hydroxylation is 2. The molecule has 3 rings (SSSR count). The topological polar surface area (TPSA) is 74.2 Å². The number of anilines is 1. The molecular formula is C17H25N5OS. The number of hydrogen-bond acceptors (Lipinski definition) is 7. The molecule has 2 unspecified atom stereocenters. The van der Waals surface area contributed by atoms with Crippen molar-refractivity contribution in [3.8, 4) is 0 Å². The molecule has 0 amide bonds. The number of aliphatic hydroxyl groups is 1. The van der Waals surface area contributed by atoms with Gasteiger partial charge >= 0.3 is 0 Å². The van der Waals surface area contributed by atoms with E-state index < -0.39 is 6.23 Å². The molecule has 0 fully saturated rings. The van der Waals surface area contributed by atoms with Crippen molar-refractivity contribution in [2.45, 2.75) is 59.4 Å². The molecule has 0 bridgehead atoms. The largest absolute Gasteiger partial charge is 0.374 e. The molecule has 2 N–H and O–H groups in total.